The lowest BCUT2D eigenvalue weighted by atomic mass is 10.1. The first-order valence-corrected chi connectivity index (χ1v) is 5.36. The average Bonchev–Trinajstić information content (AvgIpc) is 2.38. The number of benzene rings is 2. The highest BCUT2D eigenvalue weighted by atomic mass is 16.1. The van der Waals surface area contributed by atoms with E-state index in [1.807, 2.05) is 36.4 Å². The van der Waals surface area contributed by atoms with Crippen LogP contribution in [0.1, 0.15) is 0 Å². The summed E-state index contributed by atoms with van der Waals surface area (Å²) in [6.45, 7) is 0. The second-order valence-corrected chi connectivity index (χ2v) is 3.87. The predicted octanol–water partition coefficient (Wildman–Crippen LogP) is 2.59. The van der Waals surface area contributed by atoms with Crippen molar-refractivity contribution in [1.82, 2.24) is 9.97 Å². The molecule has 3 aromatic rings. The Morgan fingerprint density at radius 2 is 1.76 bits per heavy atom. The number of hydrogen-bond donors (Lipinski definition) is 1. The summed E-state index contributed by atoms with van der Waals surface area (Å²) in [6.07, 6.45) is 2.93. The maximum atomic E-state index is 11.2. The molecule has 0 radical (unpaired) electrons. The number of aromatic amines is 1. The van der Waals surface area contributed by atoms with Gasteiger partial charge in [-0.15, -0.1) is 0 Å². The van der Waals surface area contributed by atoms with Crippen LogP contribution < -0.4 is 5.56 Å². The van der Waals surface area contributed by atoms with Gasteiger partial charge in [0, 0.05) is 5.56 Å². The fourth-order valence-corrected chi connectivity index (χ4v) is 1.88. The number of H-pyrrole nitrogens is 1. The van der Waals surface area contributed by atoms with Gasteiger partial charge in [0.25, 0.3) is 5.56 Å². The van der Waals surface area contributed by atoms with Crippen LogP contribution in [-0.4, -0.2) is 9.97 Å². The van der Waals surface area contributed by atoms with Crippen LogP contribution in [0.3, 0.4) is 0 Å². The van der Waals surface area contributed by atoms with Gasteiger partial charge >= 0.3 is 0 Å². The summed E-state index contributed by atoms with van der Waals surface area (Å²) in [5.74, 6) is 0. The first-order valence-electron chi connectivity index (χ1n) is 5.36. The molecule has 0 fully saturated rings. The third kappa shape index (κ3) is 1.83. The summed E-state index contributed by atoms with van der Waals surface area (Å²) < 4.78 is 0. The fraction of sp³-hybridized carbons (Fsp3) is 0. The van der Waals surface area contributed by atoms with Gasteiger partial charge in [0.2, 0.25) is 0 Å². The van der Waals surface area contributed by atoms with Gasteiger partial charge in [0.05, 0.1) is 18.1 Å². The van der Waals surface area contributed by atoms with Gasteiger partial charge in [-0.3, -0.25) is 9.78 Å². The summed E-state index contributed by atoms with van der Waals surface area (Å²) in [6, 6.07) is 14.2. The van der Waals surface area contributed by atoms with E-state index >= 15 is 0 Å². The summed E-state index contributed by atoms with van der Waals surface area (Å²) in [5, 5.41) is 2.33. The van der Waals surface area contributed by atoms with E-state index in [-0.39, 0.29) is 5.56 Å². The van der Waals surface area contributed by atoms with Crippen LogP contribution in [0.5, 0.6) is 0 Å². The molecule has 1 aromatic heterocycles. The zero-order valence-electron chi connectivity index (χ0n) is 9.05. The van der Waals surface area contributed by atoms with Crippen molar-refractivity contribution in [2.45, 2.75) is 0 Å². The molecule has 0 aliphatic carbocycles. The SMILES string of the molecule is O=c1cncc(-c2ccc3ccccc3c2)[nH]1. The maximum absolute atomic E-state index is 11.2. The Balaban J connectivity index is 2.21. The lowest BCUT2D eigenvalue weighted by molar-refractivity contribution is 1.14. The van der Waals surface area contributed by atoms with Gasteiger partial charge in [-0.1, -0.05) is 36.4 Å². The number of nitrogens with one attached hydrogen (secondary N) is 1. The number of rotatable bonds is 1. The highest BCUT2D eigenvalue weighted by Crippen LogP contribution is 2.21. The van der Waals surface area contributed by atoms with E-state index in [2.05, 4.69) is 16.0 Å². The lowest BCUT2D eigenvalue weighted by Crippen LogP contribution is -2.05. The minimum atomic E-state index is -0.185. The van der Waals surface area contributed by atoms with Crippen molar-refractivity contribution in [2.75, 3.05) is 0 Å². The molecule has 0 unspecified atom stereocenters. The monoisotopic (exact) mass is 222 g/mol. The largest absolute Gasteiger partial charge is 0.319 e. The Labute approximate surface area is 97.8 Å². The third-order valence-corrected chi connectivity index (χ3v) is 2.71. The molecule has 82 valence electrons. The van der Waals surface area contributed by atoms with Crippen molar-refractivity contribution >= 4 is 10.8 Å². The van der Waals surface area contributed by atoms with E-state index in [4.69, 9.17) is 0 Å². The van der Waals surface area contributed by atoms with E-state index in [9.17, 15) is 4.79 Å². The summed E-state index contributed by atoms with van der Waals surface area (Å²) in [4.78, 5) is 17.9. The molecule has 0 bridgehead atoms. The van der Waals surface area contributed by atoms with Crippen molar-refractivity contribution in [3.63, 3.8) is 0 Å². The van der Waals surface area contributed by atoms with Gasteiger partial charge in [-0.2, -0.15) is 0 Å². The van der Waals surface area contributed by atoms with Crippen LogP contribution in [0.25, 0.3) is 22.0 Å². The molecule has 1 heterocycles. The molecule has 2 aromatic carbocycles. The molecule has 0 atom stereocenters. The molecule has 0 amide bonds. The summed E-state index contributed by atoms with van der Waals surface area (Å²) >= 11 is 0. The number of fused-ring (bicyclic) bond motifs is 1. The van der Waals surface area contributed by atoms with E-state index < -0.39 is 0 Å². The average molecular weight is 222 g/mol. The standard InChI is InChI=1S/C14H10N2O/c17-14-9-15-8-13(16-14)12-6-5-10-3-1-2-4-11(10)7-12/h1-9H,(H,16,17). The van der Waals surface area contributed by atoms with E-state index in [0.717, 1.165) is 16.6 Å². The fourth-order valence-electron chi connectivity index (χ4n) is 1.88. The predicted molar refractivity (Wildman–Crippen MR) is 67.8 cm³/mol. The highest BCUT2D eigenvalue weighted by molar-refractivity contribution is 5.86. The molecule has 0 saturated carbocycles. The van der Waals surface area contributed by atoms with Crippen molar-refractivity contribution in [3.8, 4) is 11.3 Å². The van der Waals surface area contributed by atoms with Crippen LogP contribution >= 0.6 is 0 Å². The smallest absolute Gasteiger partial charge is 0.266 e. The van der Waals surface area contributed by atoms with E-state index in [1.54, 1.807) is 6.20 Å². The molecule has 0 saturated heterocycles. The Bertz CT molecular complexity index is 731. The van der Waals surface area contributed by atoms with Crippen LogP contribution in [0.4, 0.5) is 0 Å². The van der Waals surface area contributed by atoms with Crippen molar-refractivity contribution in [1.29, 1.82) is 0 Å². The normalized spacial score (nSPS) is 10.6. The Hall–Kier alpha value is -2.42. The second-order valence-electron chi connectivity index (χ2n) is 3.87. The summed E-state index contributed by atoms with van der Waals surface area (Å²) in [5.41, 5.74) is 1.52. The number of nitrogens with zero attached hydrogens (tertiary/aromatic N) is 1. The van der Waals surface area contributed by atoms with Crippen molar-refractivity contribution < 1.29 is 0 Å². The zero-order valence-corrected chi connectivity index (χ0v) is 9.05. The maximum Gasteiger partial charge on any atom is 0.266 e. The first kappa shape index (κ1) is 9.78. The lowest BCUT2D eigenvalue weighted by Gasteiger charge is -2.03. The molecule has 0 spiro atoms. The molecule has 3 rings (SSSR count). The topological polar surface area (TPSA) is 45.8 Å². The minimum absolute atomic E-state index is 0.185. The van der Waals surface area contributed by atoms with Gasteiger partial charge in [-0.25, -0.2) is 0 Å². The van der Waals surface area contributed by atoms with Gasteiger partial charge in [-0.05, 0) is 16.8 Å². The van der Waals surface area contributed by atoms with Gasteiger partial charge in [0.1, 0.15) is 0 Å². The van der Waals surface area contributed by atoms with Crippen molar-refractivity contribution in [3.05, 3.63) is 65.2 Å². The first-order chi connectivity index (χ1) is 8.33. The number of hydrogen-bond acceptors (Lipinski definition) is 2. The molecule has 1 N–H and O–H groups in total. The Kier molecular flexibility index (Phi) is 2.22. The number of aromatic nitrogens is 2. The quantitative estimate of drug-likeness (QED) is 0.687. The second kappa shape index (κ2) is 3.87. The Morgan fingerprint density at radius 3 is 2.59 bits per heavy atom. The molecule has 17 heavy (non-hydrogen) atoms. The van der Waals surface area contributed by atoms with Crippen LogP contribution in [-0.2, 0) is 0 Å². The van der Waals surface area contributed by atoms with E-state index in [0.29, 0.717) is 0 Å². The zero-order chi connectivity index (χ0) is 11.7. The molecular formula is C14H10N2O. The molecular weight excluding hydrogens is 212 g/mol. The summed E-state index contributed by atoms with van der Waals surface area (Å²) in [7, 11) is 0. The molecule has 0 aliphatic heterocycles. The van der Waals surface area contributed by atoms with Crippen LogP contribution in [0, 0.1) is 0 Å². The van der Waals surface area contributed by atoms with Crippen molar-refractivity contribution in [2.24, 2.45) is 0 Å². The van der Waals surface area contributed by atoms with Crippen LogP contribution in [0.2, 0.25) is 0 Å². The molecule has 3 heteroatoms. The minimum Gasteiger partial charge on any atom is -0.319 e. The van der Waals surface area contributed by atoms with Crippen LogP contribution in [0.15, 0.2) is 59.7 Å². The Morgan fingerprint density at radius 1 is 0.941 bits per heavy atom. The van der Waals surface area contributed by atoms with Gasteiger partial charge in [0.15, 0.2) is 0 Å². The third-order valence-electron chi connectivity index (χ3n) is 2.71. The van der Waals surface area contributed by atoms with E-state index in [1.165, 1.54) is 11.6 Å². The molecule has 3 nitrogen and oxygen atoms in total. The molecule has 0 aliphatic rings. The van der Waals surface area contributed by atoms with Gasteiger partial charge < -0.3 is 4.98 Å². The highest BCUT2D eigenvalue weighted by Gasteiger charge is 2.00.